The van der Waals surface area contributed by atoms with E-state index in [0.29, 0.717) is 23.0 Å². The van der Waals surface area contributed by atoms with Crippen LogP contribution in [0.1, 0.15) is 25.3 Å². The smallest absolute Gasteiger partial charge is 0.376 e. The first kappa shape index (κ1) is 19.6. The summed E-state index contributed by atoms with van der Waals surface area (Å²) >= 11 is 0. The number of pyridine rings is 1. The Balaban J connectivity index is 1.69. The standard InChI is InChI=1S/C19H21F3N6O/c1-18(29,19(20,21)22)12-4-5-16-25-10-15(28(16)11-12)14-6-8-24-17(27-14)26-13-3-2-7-23-9-13/h4-6,8,10-11,13,23,29H,2-3,7,9H2,1H3,(H,24,26,27)/t13-,18-/m1/s1. The number of piperidine rings is 1. The van der Waals surface area contributed by atoms with Crippen LogP contribution in [0, 0.1) is 0 Å². The number of imidazole rings is 1. The molecule has 3 N–H and O–H groups in total. The first-order valence-electron chi connectivity index (χ1n) is 9.33. The average molecular weight is 406 g/mol. The summed E-state index contributed by atoms with van der Waals surface area (Å²) < 4.78 is 41.2. The fraction of sp³-hybridized carbons (Fsp3) is 0.421. The summed E-state index contributed by atoms with van der Waals surface area (Å²) in [5.41, 5.74) is -1.78. The Kier molecular flexibility index (Phi) is 4.91. The van der Waals surface area contributed by atoms with Gasteiger partial charge in [0.1, 0.15) is 5.65 Å². The van der Waals surface area contributed by atoms with Crippen molar-refractivity contribution >= 4 is 11.6 Å². The lowest BCUT2D eigenvalue weighted by atomic mass is 9.97. The zero-order valence-electron chi connectivity index (χ0n) is 15.7. The molecule has 29 heavy (non-hydrogen) atoms. The van der Waals surface area contributed by atoms with Crippen molar-refractivity contribution in [2.45, 2.75) is 37.6 Å². The number of fused-ring (bicyclic) bond motifs is 1. The molecular formula is C19H21F3N6O. The zero-order chi connectivity index (χ0) is 20.6. The molecule has 10 heteroatoms. The number of halogens is 3. The average Bonchev–Trinajstić information content (AvgIpc) is 3.11. The van der Waals surface area contributed by atoms with Crippen LogP contribution in [0.2, 0.25) is 0 Å². The van der Waals surface area contributed by atoms with Crippen LogP contribution < -0.4 is 10.6 Å². The second kappa shape index (κ2) is 7.27. The van der Waals surface area contributed by atoms with Gasteiger partial charge in [-0.3, -0.25) is 4.40 Å². The lowest BCUT2D eigenvalue weighted by molar-refractivity contribution is -0.259. The summed E-state index contributed by atoms with van der Waals surface area (Å²) in [4.78, 5) is 13.0. The molecule has 154 valence electrons. The van der Waals surface area contributed by atoms with Crippen molar-refractivity contribution in [3.63, 3.8) is 0 Å². The zero-order valence-corrected chi connectivity index (χ0v) is 15.7. The molecule has 0 unspecified atom stereocenters. The molecule has 1 fully saturated rings. The number of rotatable bonds is 4. The molecule has 0 saturated carbocycles. The van der Waals surface area contributed by atoms with Gasteiger partial charge in [0.25, 0.3) is 0 Å². The van der Waals surface area contributed by atoms with Crippen molar-refractivity contribution in [2.75, 3.05) is 18.4 Å². The van der Waals surface area contributed by atoms with Gasteiger partial charge in [-0.1, -0.05) is 6.07 Å². The van der Waals surface area contributed by atoms with Gasteiger partial charge in [-0.15, -0.1) is 0 Å². The summed E-state index contributed by atoms with van der Waals surface area (Å²) in [6.07, 6.45) is 1.64. The summed E-state index contributed by atoms with van der Waals surface area (Å²) in [7, 11) is 0. The Morgan fingerprint density at radius 2 is 2.07 bits per heavy atom. The Morgan fingerprint density at radius 1 is 1.24 bits per heavy atom. The number of hydrogen-bond acceptors (Lipinski definition) is 6. The fourth-order valence-electron chi connectivity index (χ4n) is 3.35. The summed E-state index contributed by atoms with van der Waals surface area (Å²) in [5, 5.41) is 16.6. The van der Waals surface area contributed by atoms with Gasteiger partial charge in [-0.2, -0.15) is 13.2 Å². The van der Waals surface area contributed by atoms with Crippen LogP contribution in [-0.2, 0) is 5.60 Å². The molecule has 3 aromatic heterocycles. The van der Waals surface area contributed by atoms with Crippen molar-refractivity contribution in [3.05, 3.63) is 42.4 Å². The molecule has 0 radical (unpaired) electrons. The number of aromatic nitrogens is 4. The molecule has 0 bridgehead atoms. The van der Waals surface area contributed by atoms with Gasteiger partial charge in [0.05, 0.1) is 17.6 Å². The SMILES string of the molecule is C[C@@](O)(c1ccc2ncc(-c3ccnc(N[C@@H]4CCCNC4)n3)n2c1)C(F)(F)F. The largest absolute Gasteiger partial charge is 0.421 e. The molecule has 7 nitrogen and oxygen atoms in total. The summed E-state index contributed by atoms with van der Waals surface area (Å²) in [6, 6.07) is 4.55. The molecule has 4 rings (SSSR count). The topological polar surface area (TPSA) is 87.4 Å². The first-order valence-corrected chi connectivity index (χ1v) is 9.33. The van der Waals surface area contributed by atoms with Crippen LogP contribution in [0.5, 0.6) is 0 Å². The van der Waals surface area contributed by atoms with E-state index in [-0.39, 0.29) is 11.6 Å². The summed E-state index contributed by atoms with van der Waals surface area (Å²) in [5.74, 6) is 0.449. The Labute approximate surface area is 165 Å². The molecule has 3 aromatic rings. The van der Waals surface area contributed by atoms with E-state index in [1.165, 1.54) is 28.9 Å². The maximum Gasteiger partial charge on any atom is 0.421 e. The minimum Gasteiger partial charge on any atom is -0.376 e. The third kappa shape index (κ3) is 3.77. The molecule has 1 aliphatic heterocycles. The Hall–Kier alpha value is -2.72. The van der Waals surface area contributed by atoms with Gasteiger partial charge >= 0.3 is 6.18 Å². The lowest BCUT2D eigenvalue weighted by Crippen LogP contribution is -2.39. The van der Waals surface area contributed by atoms with Crippen LogP contribution >= 0.6 is 0 Å². The van der Waals surface area contributed by atoms with Gasteiger partial charge in [0, 0.05) is 30.5 Å². The number of aliphatic hydroxyl groups is 1. The van der Waals surface area contributed by atoms with E-state index in [2.05, 4.69) is 25.6 Å². The summed E-state index contributed by atoms with van der Waals surface area (Å²) in [6.45, 7) is 2.54. The molecule has 0 amide bonds. The number of anilines is 1. The molecule has 0 aliphatic carbocycles. The highest BCUT2D eigenvalue weighted by molar-refractivity contribution is 5.61. The molecule has 0 aromatic carbocycles. The molecule has 0 spiro atoms. The predicted octanol–water partition coefficient (Wildman–Crippen LogP) is 2.73. The highest BCUT2D eigenvalue weighted by atomic mass is 19.4. The van der Waals surface area contributed by atoms with E-state index in [1.807, 2.05) is 0 Å². The van der Waals surface area contributed by atoms with Crippen LogP contribution in [0.4, 0.5) is 19.1 Å². The molecule has 1 aliphatic rings. The van der Waals surface area contributed by atoms with E-state index >= 15 is 0 Å². The number of alkyl halides is 3. The monoisotopic (exact) mass is 406 g/mol. The van der Waals surface area contributed by atoms with Crippen molar-refractivity contribution in [2.24, 2.45) is 0 Å². The fourth-order valence-corrected chi connectivity index (χ4v) is 3.35. The predicted molar refractivity (Wildman–Crippen MR) is 101 cm³/mol. The van der Waals surface area contributed by atoms with Gasteiger partial charge in [-0.25, -0.2) is 15.0 Å². The minimum atomic E-state index is -4.80. The number of hydrogen-bond donors (Lipinski definition) is 3. The highest BCUT2D eigenvalue weighted by Gasteiger charge is 2.51. The van der Waals surface area contributed by atoms with Gasteiger partial charge in [0.2, 0.25) is 5.95 Å². The minimum absolute atomic E-state index is 0.217. The van der Waals surface area contributed by atoms with Gasteiger partial charge < -0.3 is 15.7 Å². The number of nitrogens with one attached hydrogen (secondary N) is 2. The van der Waals surface area contributed by atoms with Crippen LogP contribution in [-0.4, -0.2) is 49.8 Å². The Morgan fingerprint density at radius 3 is 2.79 bits per heavy atom. The quantitative estimate of drug-likeness (QED) is 0.618. The van der Waals surface area contributed by atoms with Crippen molar-refractivity contribution in [1.82, 2.24) is 24.7 Å². The van der Waals surface area contributed by atoms with E-state index in [0.717, 1.165) is 32.9 Å². The van der Waals surface area contributed by atoms with Crippen molar-refractivity contribution in [1.29, 1.82) is 0 Å². The molecule has 1 saturated heterocycles. The third-order valence-electron chi connectivity index (χ3n) is 5.17. The van der Waals surface area contributed by atoms with Crippen molar-refractivity contribution < 1.29 is 18.3 Å². The van der Waals surface area contributed by atoms with Crippen LogP contribution in [0.25, 0.3) is 17.0 Å². The normalized spacial score (nSPS) is 19.8. The maximum absolute atomic E-state index is 13.2. The van der Waals surface area contributed by atoms with E-state index in [9.17, 15) is 18.3 Å². The molecular weight excluding hydrogens is 385 g/mol. The third-order valence-corrected chi connectivity index (χ3v) is 5.17. The first-order chi connectivity index (χ1) is 13.8. The van der Waals surface area contributed by atoms with Crippen LogP contribution in [0.3, 0.4) is 0 Å². The van der Waals surface area contributed by atoms with E-state index in [4.69, 9.17) is 0 Å². The second-order valence-corrected chi connectivity index (χ2v) is 7.31. The lowest BCUT2D eigenvalue weighted by Gasteiger charge is -2.26. The van der Waals surface area contributed by atoms with Crippen LogP contribution in [0.15, 0.2) is 36.8 Å². The van der Waals surface area contributed by atoms with E-state index < -0.39 is 11.8 Å². The maximum atomic E-state index is 13.2. The Bertz CT molecular complexity index is 1010. The molecule has 4 heterocycles. The van der Waals surface area contributed by atoms with Gasteiger partial charge in [-0.05, 0) is 38.4 Å². The number of nitrogens with zero attached hydrogens (tertiary/aromatic N) is 4. The highest BCUT2D eigenvalue weighted by Crippen LogP contribution is 2.38. The van der Waals surface area contributed by atoms with E-state index in [1.54, 1.807) is 12.3 Å². The second-order valence-electron chi connectivity index (χ2n) is 7.31. The van der Waals surface area contributed by atoms with Gasteiger partial charge in [0.15, 0.2) is 5.60 Å². The molecule has 2 atom stereocenters. The van der Waals surface area contributed by atoms with Crippen molar-refractivity contribution in [3.8, 4) is 11.4 Å².